The van der Waals surface area contributed by atoms with Gasteiger partial charge in [-0.05, 0) is 19.1 Å². The minimum atomic E-state index is -1.06. The van der Waals surface area contributed by atoms with E-state index in [2.05, 4.69) is 5.10 Å². The second-order valence-corrected chi connectivity index (χ2v) is 3.80. The zero-order chi connectivity index (χ0) is 13.8. The van der Waals surface area contributed by atoms with Crippen LogP contribution in [-0.4, -0.2) is 28.0 Å². The zero-order valence-electron chi connectivity index (χ0n) is 10.7. The van der Waals surface area contributed by atoms with Crippen molar-refractivity contribution in [1.82, 2.24) is 9.78 Å². The van der Waals surface area contributed by atoms with E-state index in [1.807, 2.05) is 6.92 Å². The monoisotopic (exact) mass is 262 g/mol. The SMILES string of the molecule is CCn1cc(Oc2cc(OC)ccc2C(=O)O)cn1. The van der Waals surface area contributed by atoms with Gasteiger partial charge < -0.3 is 14.6 Å². The lowest BCUT2D eigenvalue weighted by molar-refractivity contribution is 0.0694. The van der Waals surface area contributed by atoms with E-state index >= 15 is 0 Å². The fourth-order valence-electron chi connectivity index (χ4n) is 1.59. The molecule has 0 aliphatic carbocycles. The van der Waals surface area contributed by atoms with Gasteiger partial charge in [0.15, 0.2) is 5.75 Å². The molecule has 1 N–H and O–H groups in total. The standard InChI is InChI=1S/C13H14N2O4/c1-3-15-8-10(7-14-15)19-12-6-9(18-2)4-5-11(12)13(16)17/h4-8H,3H2,1-2H3,(H,16,17). The van der Waals surface area contributed by atoms with Crippen molar-refractivity contribution in [1.29, 1.82) is 0 Å². The van der Waals surface area contributed by atoms with Gasteiger partial charge in [0.25, 0.3) is 0 Å². The van der Waals surface area contributed by atoms with Crippen molar-refractivity contribution in [3.8, 4) is 17.2 Å². The lowest BCUT2D eigenvalue weighted by atomic mass is 10.2. The summed E-state index contributed by atoms with van der Waals surface area (Å²) >= 11 is 0. The molecule has 6 nitrogen and oxygen atoms in total. The van der Waals surface area contributed by atoms with Crippen LogP contribution in [0.15, 0.2) is 30.6 Å². The Kier molecular flexibility index (Phi) is 3.70. The topological polar surface area (TPSA) is 73.6 Å². The Bertz CT molecular complexity index is 592. The maximum absolute atomic E-state index is 11.1. The number of ether oxygens (including phenoxy) is 2. The Morgan fingerprint density at radius 1 is 1.42 bits per heavy atom. The smallest absolute Gasteiger partial charge is 0.339 e. The van der Waals surface area contributed by atoms with Crippen molar-refractivity contribution in [2.24, 2.45) is 0 Å². The number of hydrogen-bond donors (Lipinski definition) is 1. The number of carboxylic acid groups (broad SMARTS) is 1. The number of carboxylic acids is 1. The molecule has 2 rings (SSSR count). The van der Waals surface area contributed by atoms with Crippen molar-refractivity contribution in [3.05, 3.63) is 36.2 Å². The first kappa shape index (κ1) is 12.9. The quantitative estimate of drug-likeness (QED) is 0.895. The van der Waals surface area contributed by atoms with E-state index in [4.69, 9.17) is 14.6 Å². The van der Waals surface area contributed by atoms with E-state index in [1.165, 1.54) is 25.4 Å². The number of aromatic nitrogens is 2. The molecule has 0 saturated carbocycles. The predicted molar refractivity (Wildman–Crippen MR) is 67.9 cm³/mol. The van der Waals surface area contributed by atoms with Gasteiger partial charge in [-0.3, -0.25) is 4.68 Å². The summed E-state index contributed by atoms with van der Waals surface area (Å²) in [6, 6.07) is 4.55. The van der Waals surface area contributed by atoms with Crippen LogP contribution in [-0.2, 0) is 6.54 Å². The molecule has 0 aliphatic heterocycles. The number of carbonyl (C=O) groups is 1. The number of rotatable bonds is 5. The van der Waals surface area contributed by atoms with E-state index in [1.54, 1.807) is 16.9 Å². The van der Waals surface area contributed by atoms with Crippen molar-refractivity contribution >= 4 is 5.97 Å². The minimum Gasteiger partial charge on any atom is -0.497 e. The summed E-state index contributed by atoms with van der Waals surface area (Å²) < 4.78 is 12.3. The normalized spacial score (nSPS) is 10.2. The second-order valence-electron chi connectivity index (χ2n) is 3.80. The molecular formula is C13H14N2O4. The Balaban J connectivity index is 2.33. The Hall–Kier alpha value is -2.50. The minimum absolute atomic E-state index is 0.0741. The highest BCUT2D eigenvalue weighted by Crippen LogP contribution is 2.29. The van der Waals surface area contributed by atoms with E-state index in [0.29, 0.717) is 18.0 Å². The predicted octanol–water partition coefficient (Wildman–Crippen LogP) is 2.40. The third-order valence-corrected chi connectivity index (χ3v) is 2.58. The fourth-order valence-corrected chi connectivity index (χ4v) is 1.59. The maximum atomic E-state index is 11.1. The molecule has 1 aromatic heterocycles. The Labute approximate surface area is 110 Å². The summed E-state index contributed by atoms with van der Waals surface area (Å²) in [4.78, 5) is 11.1. The van der Waals surface area contributed by atoms with Gasteiger partial charge in [0.2, 0.25) is 0 Å². The molecule has 100 valence electrons. The largest absolute Gasteiger partial charge is 0.497 e. The zero-order valence-corrected chi connectivity index (χ0v) is 10.7. The van der Waals surface area contributed by atoms with Crippen molar-refractivity contribution in [2.45, 2.75) is 13.5 Å². The lowest BCUT2D eigenvalue weighted by Crippen LogP contribution is -2.00. The van der Waals surface area contributed by atoms with Gasteiger partial charge in [0.05, 0.1) is 19.5 Å². The molecule has 6 heteroatoms. The van der Waals surface area contributed by atoms with Crippen LogP contribution in [0.5, 0.6) is 17.2 Å². The lowest BCUT2D eigenvalue weighted by Gasteiger charge is -2.08. The van der Waals surface area contributed by atoms with Crippen molar-refractivity contribution in [3.63, 3.8) is 0 Å². The molecule has 0 radical (unpaired) electrons. The van der Waals surface area contributed by atoms with Crippen LogP contribution in [0.1, 0.15) is 17.3 Å². The highest BCUT2D eigenvalue weighted by molar-refractivity contribution is 5.91. The summed E-state index contributed by atoms with van der Waals surface area (Å²) in [5, 5.41) is 13.2. The van der Waals surface area contributed by atoms with E-state index in [0.717, 1.165) is 0 Å². The van der Waals surface area contributed by atoms with E-state index in [9.17, 15) is 4.79 Å². The molecule has 1 aromatic carbocycles. The molecular weight excluding hydrogens is 248 g/mol. The van der Waals surface area contributed by atoms with Gasteiger partial charge in [0, 0.05) is 12.6 Å². The summed E-state index contributed by atoms with van der Waals surface area (Å²) in [6.45, 7) is 2.66. The molecule has 0 bridgehead atoms. The molecule has 0 spiro atoms. The van der Waals surface area contributed by atoms with E-state index < -0.39 is 5.97 Å². The molecule has 0 unspecified atom stereocenters. The number of nitrogens with zero attached hydrogens (tertiary/aromatic N) is 2. The number of methoxy groups -OCH3 is 1. The Morgan fingerprint density at radius 2 is 2.21 bits per heavy atom. The van der Waals surface area contributed by atoms with Crippen LogP contribution in [0.3, 0.4) is 0 Å². The van der Waals surface area contributed by atoms with Gasteiger partial charge in [-0.1, -0.05) is 0 Å². The van der Waals surface area contributed by atoms with Crippen molar-refractivity contribution in [2.75, 3.05) is 7.11 Å². The summed E-state index contributed by atoms with van der Waals surface area (Å²) in [7, 11) is 1.51. The summed E-state index contributed by atoms with van der Waals surface area (Å²) in [6.07, 6.45) is 3.24. The van der Waals surface area contributed by atoms with Crippen LogP contribution in [0.4, 0.5) is 0 Å². The summed E-state index contributed by atoms with van der Waals surface area (Å²) in [5.41, 5.74) is 0.0741. The molecule has 19 heavy (non-hydrogen) atoms. The third-order valence-electron chi connectivity index (χ3n) is 2.58. The average Bonchev–Trinajstić information content (AvgIpc) is 2.86. The number of aromatic carboxylic acids is 1. The Morgan fingerprint density at radius 3 is 2.79 bits per heavy atom. The molecule has 0 atom stereocenters. The van der Waals surface area contributed by atoms with Gasteiger partial charge in [-0.2, -0.15) is 5.10 Å². The molecule has 2 aromatic rings. The maximum Gasteiger partial charge on any atom is 0.339 e. The first-order valence-electron chi connectivity index (χ1n) is 5.75. The number of hydrogen-bond acceptors (Lipinski definition) is 4. The van der Waals surface area contributed by atoms with Gasteiger partial charge in [0.1, 0.15) is 17.1 Å². The fraction of sp³-hybridized carbons (Fsp3) is 0.231. The van der Waals surface area contributed by atoms with Crippen LogP contribution < -0.4 is 9.47 Å². The average molecular weight is 262 g/mol. The van der Waals surface area contributed by atoms with Crippen LogP contribution in [0.25, 0.3) is 0 Å². The second kappa shape index (κ2) is 5.43. The number of aryl methyl sites for hydroxylation is 1. The van der Waals surface area contributed by atoms with Gasteiger partial charge in [-0.15, -0.1) is 0 Å². The molecule has 1 heterocycles. The summed E-state index contributed by atoms with van der Waals surface area (Å²) in [5.74, 6) is 0.184. The van der Waals surface area contributed by atoms with Crippen LogP contribution in [0, 0.1) is 0 Å². The highest BCUT2D eigenvalue weighted by atomic mass is 16.5. The highest BCUT2D eigenvalue weighted by Gasteiger charge is 2.14. The van der Waals surface area contributed by atoms with Gasteiger partial charge >= 0.3 is 5.97 Å². The van der Waals surface area contributed by atoms with Crippen LogP contribution >= 0.6 is 0 Å². The van der Waals surface area contributed by atoms with Crippen molar-refractivity contribution < 1.29 is 19.4 Å². The van der Waals surface area contributed by atoms with Crippen LogP contribution in [0.2, 0.25) is 0 Å². The van der Waals surface area contributed by atoms with Gasteiger partial charge in [-0.25, -0.2) is 4.79 Å². The third kappa shape index (κ3) is 2.85. The molecule has 0 fully saturated rings. The first-order chi connectivity index (χ1) is 9.13. The molecule has 0 saturated heterocycles. The van der Waals surface area contributed by atoms with E-state index in [-0.39, 0.29) is 11.3 Å². The number of benzene rings is 1. The first-order valence-corrected chi connectivity index (χ1v) is 5.75. The molecule has 0 aliphatic rings. The molecule has 0 amide bonds.